The number of amides is 2. The van der Waals surface area contributed by atoms with Gasteiger partial charge in [0.05, 0.1) is 11.4 Å². The monoisotopic (exact) mass is 450 g/mol. The molecule has 0 aliphatic carbocycles. The van der Waals surface area contributed by atoms with Crippen molar-refractivity contribution in [2.45, 2.75) is 37.0 Å². The number of sulfone groups is 1. The molecule has 31 heavy (non-hydrogen) atoms. The van der Waals surface area contributed by atoms with Gasteiger partial charge in [0.2, 0.25) is 11.7 Å². The zero-order chi connectivity index (χ0) is 23.2. The average Bonchev–Trinajstić information content (AvgIpc) is 3.12. The van der Waals surface area contributed by atoms with Crippen LogP contribution in [0.2, 0.25) is 0 Å². The van der Waals surface area contributed by atoms with E-state index in [-0.39, 0.29) is 28.9 Å². The van der Waals surface area contributed by atoms with E-state index in [9.17, 15) is 22.8 Å². The van der Waals surface area contributed by atoms with Crippen molar-refractivity contribution in [3.05, 3.63) is 54.0 Å². The van der Waals surface area contributed by atoms with Crippen LogP contribution in [0.5, 0.6) is 0 Å². The Bertz CT molecular complexity index is 1040. The highest BCUT2D eigenvalue weighted by atomic mass is 32.2. The van der Waals surface area contributed by atoms with Crippen LogP contribution < -0.4 is 5.32 Å². The van der Waals surface area contributed by atoms with Gasteiger partial charge in [-0.25, -0.2) is 13.2 Å². The van der Waals surface area contributed by atoms with Gasteiger partial charge in [-0.1, -0.05) is 18.2 Å². The lowest BCUT2D eigenvalue weighted by Crippen LogP contribution is -2.46. The van der Waals surface area contributed by atoms with Crippen molar-refractivity contribution in [1.82, 2.24) is 10.2 Å². The van der Waals surface area contributed by atoms with Gasteiger partial charge >= 0.3 is 5.97 Å². The number of hydrogen-bond acceptors (Lipinski definition) is 7. The summed E-state index contributed by atoms with van der Waals surface area (Å²) < 4.78 is 35.0. The largest absolute Gasteiger partial charge is 0.453 e. The van der Waals surface area contributed by atoms with Gasteiger partial charge in [0.15, 0.2) is 16.4 Å². The van der Waals surface area contributed by atoms with Crippen molar-refractivity contribution in [1.29, 1.82) is 0 Å². The minimum absolute atomic E-state index is 0.0677. The van der Waals surface area contributed by atoms with E-state index in [4.69, 9.17) is 9.15 Å². The normalized spacial score (nSPS) is 11.6. The van der Waals surface area contributed by atoms with E-state index >= 15 is 0 Å². The number of ether oxygens (including phenoxy) is 1. The maximum atomic E-state index is 12.4. The molecule has 0 aliphatic rings. The number of hydrogen-bond donors (Lipinski definition) is 1. The molecule has 0 atom stereocenters. The van der Waals surface area contributed by atoms with Crippen LogP contribution in [0.25, 0.3) is 0 Å². The van der Waals surface area contributed by atoms with Crippen LogP contribution in [-0.2, 0) is 29.9 Å². The van der Waals surface area contributed by atoms with Crippen LogP contribution in [0.15, 0.2) is 51.8 Å². The first kappa shape index (κ1) is 24.1. The predicted octanol–water partition coefficient (Wildman–Crippen LogP) is 1.78. The number of rotatable bonds is 8. The number of furan rings is 1. The van der Waals surface area contributed by atoms with E-state index in [1.165, 1.54) is 31.3 Å². The van der Waals surface area contributed by atoms with Crippen LogP contribution in [0.3, 0.4) is 0 Å². The van der Waals surface area contributed by atoms with Gasteiger partial charge < -0.3 is 19.4 Å². The molecule has 2 amide bonds. The highest BCUT2D eigenvalue weighted by molar-refractivity contribution is 7.90. The average molecular weight is 451 g/mol. The molecule has 1 aromatic carbocycles. The summed E-state index contributed by atoms with van der Waals surface area (Å²) in [5, 5.41) is 2.72. The fourth-order valence-corrected chi connectivity index (χ4v) is 3.80. The molecule has 10 heteroatoms. The van der Waals surface area contributed by atoms with Crippen molar-refractivity contribution < 1.29 is 32.0 Å². The summed E-state index contributed by atoms with van der Waals surface area (Å²) in [7, 11) is -2.22. The first-order valence-corrected chi connectivity index (χ1v) is 11.1. The Morgan fingerprint density at radius 2 is 1.71 bits per heavy atom. The predicted molar refractivity (Wildman–Crippen MR) is 112 cm³/mol. The summed E-state index contributed by atoms with van der Waals surface area (Å²) in [6.07, 6.45) is 0. The molecule has 0 aliphatic heterocycles. The van der Waals surface area contributed by atoms with Gasteiger partial charge in [-0.15, -0.1) is 0 Å². The molecular weight excluding hydrogens is 424 g/mol. The number of esters is 1. The molecule has 2 rings (SSSR count). The van der Waals surface area contributed by atoms with E-state index < -0.39 is 39.6 Å². The molecule has 0 unspecified atom stereocenters. The van der Waals surface area contributed by atoms with E-state index in [1.807, 2.05) is 20.8 Å². The Balaban J connectivity index is 1.89. The van der Waals surface area contributed by atoms with Crippen LogP contribution in [0.4, 0.5) is 0 Å². The van der Waals surface area contributed by atoms with Crippen LogP contribution in [0, 0.1) is 0 Å². The highest BCUT2D eigenvalue weighted by Crippen LogP contribution is 2.18. The molecule has 0 radical (unpaired) electrons. The SMILES string of the molecule is CN(CC(=O)NC(C)(C)C)C(=O)COC(=O)c1ccc(CS(=O)(=O)c2ccccc2)o1. The highest BCUT2D eigenvalue weighted by Gasteiger charge is 2.22. The van der Waals surface area contributed by atoms with E-state index in [0.29, 0.717) is 0 Å². The van der Waals surface area contributed by atoms with Gasteiger partial charge in [-0.3, -0.25) is 9.59 Å². The molecule has 1 heterocycles. The maximum absolute atomic E-state index is 12.4. The summed E-state index contributed by atoms with van der Waals surface area (Å²) in [6.45, 7) is 4.68. The molecule has 0 saturated carbocycles. The minimum atomic E-state index is -3.63. The molecule has 0 saturated heterocycles. The smallest absolute Gasteiger partial charge is 0.374 e. The second-order valence-electron chi connectivity index (χ2n) is 7.96. The summed E-state index contributed by atoms with van der Waals surface area (Å²) in [4.78, 5) is 37.4. The first-order valence-electron chi connectivity index (χ1n) is 9.46. The Morgan fingerprint density at radius 1 is 1.06 bits per heavy atom. The molecule has 9 nitrogen and oxygen atoms in total. The fraction of sp³-hybridized carbons (Fsp3) is 0.381. The van der Waals surface area contributed by atoms with Crippen molar-refractivity contribution in [2.24, 2.45) is 0 Å². The van der Waals surface area contributed by atoms with Gasteiger partial charge in [0.1, 0.15) is 11.5 Å². The molecule has 0 fully saturated rings. The molecule has 0 bridgehead atoms. The molecule has 0 spiro atoms. The second-order valence-corrected chi connectivity index (χ2v) is 9.95. The van der Waals surface area contributed by atoms with E-state index in [2.05, 4.69) is 5.32 Å². The van der Waals surface area contributed by atoms with Crippen molar-refractivity contribution in [2.75, 3.05) is 20.2 Å². The number of benzene rings is 1. The Morgan fingerprint density at radius 3 is 2.32 bits per heavy atom. The lowest BCUT2D eigenvalue weighted by molar-refractivity contribution is -0.137. The summed E-state index contributed by atoms with van der Waals surface area (Å²) in [5.74, 6) is -2.41. The van der Waals surface area contributed by atoms with Gasteiger partial charge in [-0.05, 0) is 45.0 Å². The first-order chi connectivity index (χ1) is 14.4. The third kappa shape index (κ3) is 7.56. The van der Waals surface area contributed by atoms with Gasteiger partial charge in [-0.2, -0.15) is 0 Å². The van der Waals surface area contributed by atoms with E-state index in [1.54, 1.807) is 18.2 Å². The Hall–Kier alpha value is -3.14. The molecule has 1 N–H and O–H groups in total. The zero-order valence-corrected chi connectivity index (χ0v) is 18.7. The third-order valence-corrected chi connectivity index (χ3v) is 5.60. The molecule has 168 valence electrons. The van der Waals surface area contributed by atoms with Crippen LogP contribution in [0.1, 0.15) is 37.1 Å². The summed E-state index contributed by atoms with van der Waals surface area (Å²) >= 11 is 0. The van der Waals surface area contributed by atoms with Gasteiger partial charge in [0.25, 0.3) is 5.91 Å². The molecular formula is C21H26N2O7S. The number of carbonyl (C=O) groups excluding carboxylic acids is 3. The fourth-order valence-electron chi connectivity index (χ4n) is 2.53. The number of nitrogens with one attached hydrogen (secondary N) is 1. The lowest BCUT2D eigenvalue weighted by atomic mass is 10.1. The standard InChI is InChI=1S/C21H26N2O7S/c1-21(2,3)22-18(24)12-23(4)19(25)13-29-20(26)17-11-10-15(30-17)14-31(27,28)16-8-6-5-7-9-16/h5-11H,12-14H2,1-4H3,(H,22,24). The maximum Gasteiger partial charge on any atom is 0.374 e. The third-order valence-electron chi connectivity index (χ3n) is 3.95. The quantitative estimate of drug-likeness (QED) is 0.608. The second kappa shape index (κ2) is 9.78. The molecule has 2 aromatic rings. The summed E-state index contributed by atoms with van der Waals surface area (Å²) in [5.41, 5.74) is -0.432. The number of nitrogens with zero attached hydrogens (tertiary/aromatic N) is 1. The van der Waals surface area contributed by atoms with Crippen molar-refractivity contribution >= 4 is 27.6 Å². The van der Waals surface area contributed by atoms with Crippen LogP contribution >= 0.6 is 0 Å². The molecule has 1 aromatic heterocycles. The van der Waals surface area contributed by atoms with E-state index in [0.717, 1.165) is 4.90 Å². The Kier molecular flexibility index (Phi) is 7.61. The number of likely N-dealkylation sites (N-methyl/N-ethyl adjacent to an activating group) is 1. The Labute approximate surface area is 181 Å². The zero-order valence-electron chi connectivity index (χ0n) is 17.9. The number of carbonyl (C=O) groups is 3. The van der Waals surface area contributed by atoms with Crippen molar-refractivity contribution in [3.8, 4) is 0 Å². The lowest BCUT2D eigenvalue weighted by Gasteiger charge is -2.23. The van der Waals surface area contributed by atoms with Crippen molar-refractivity contribution in [3.63, 3.8) is 0 Å². The van der Waals surface area contributed by atoms with Gasteiger partial charge in [0, 0.05) is 12.6 Å². The minimum Gasteiger partial charge on any atom is -0.453 e. The van der Waals surface area contributed by atoms with Crippen LogP contribution in [-0.4, -0.2) is 56.8 Å². The topological polar surface area (TPSA) is 123 Å². The summed E-state index contributed by atoms with van der Waals surface area (Å²) in [6, 6.07) is 10.5.